The lowest BCUT2D eigenvalue weighted by Crippen LogP contribution is -2.46. The maximum Gasteiger partial charge on any atom is 0.167 e. The Morgan fingerprint density at radius 3 is 2.92 bits per heavy atom. The normalized spacial score (nSPS) is 30.1. The molecule has 2 aromatic rings. The van der Waals surface area contributed by atoms with Crippen molar-refractivity contribution in [2.24, 2.45) is 5.18 Å². The van der Waals surface area contributed by atoms with Crippen LogP contribution in [0.2, 0.25) is 0 Å². The van der Waals surface area contributed by atoms with Crippen LogP contribution in [0.3, 0.4) is 0 Å². The Bertz CT molecular complexity index is 765. The number of hydrogen-bond acceptors (Lipinski definition) is 9. The van der Waals surface area contributed by atoms with E-state index in [1.165, 1.54) is 13.4 Å². The molecule has 1 aliphatic rings. The average Bonchev–Trinajstić information content (AvgIpc) is 3.06. The zero-order valence-corrected chi connectivity index (χ0v) is 13.3. The van der Waals surface area contributed by atoms with Crippen molar-refractivity contribution >= 4 is 16.9 Å². The number of aliphatic hydroxyl groups excluding tert-OH is 2. The molecule has 0 aromatic carbocycles. The van der Waals surface area contributed by atoms with E-state index in [9.17, 15) is 15.1 Å². The number of nitrogen functional groups attached to an aromatic ring is 1. The number of rotatable bonds is 5. The first kappa shape index (κ1) is 16.7. The summed E-state index contributed by atoms with van der Waals surface area (Å²) in [6.45, 7) is 1.20. The van der Waals surface area contributed by atoms with E-state index >= 15 is 0 Å². The van der Waals surface area contributed by atoms with Crippen molar-refractivity contribution in [3.8, 4) is 0 Å². The number of aromatic nitrogens is 3. The van der Waals surface area contributed by atoms with Gasteiger partial charge in [0.05, 0.1) is 12.0 Å². The number of nitroso groups, excluding NO2 is 1. The summed E-state index contributed by atoms with van der Waals surface area (Å²) in [7, 11) is 1.45. The Morgan fingerprint density at radius 1 is 1.54 bits per heavy atom. The lowest BCUT2D eigenvalue weighted by molar-refractivity contribution is -0.118. The number of hydrogen-bond donors (Lipinski definition) is 3. The van der Waals surface area contributed by atoms with Crippen LogP contribution in [0.25, 0.3) is 11.0 Å². The molecule has 1 aliphatic heterocycles. The van der Waals surface area contributed by atoms with Gasteiger partial charge < -0.3 is 30.0 Å². The van der Waals surface area contributed by atoms with Crippen molar-refractivity contribution in [1.29, 1.82) is 0 Å². The van der Waals surface area contributed by atoms with Gasteiger partial charge in [0.2, 0.25) is 0 Å². The van der Waals surface area contributed by atoms with Crippen molar-refractivity contribution in [1.82, 2.24) is 14.5 Å². The summed E-state index contributed by atoms with van der Waals surface area (Å²) in [5.41, 5.74) is 5.75. The van der Waals surface area contributed by atoms with Gasteiger partial charge in [-0.3, -0.25) is 0 Å². The van der Waals surface area contributed by atoms with Crippen LogP contribution in [-0.2, 0) is 16.0 Å². The number of anilines is 1. The molecule has 0 saturated carbocycles. The molecule has 1 fully saturated rings. The second-order valence-corrected chi connectivity index (χ2v) is 5.85. The fraction of sp³-hybridized carbons (Fsp3) is 0.571. The first-order chi connectivity index (χ1) is 11.5. The maximum absolute atomic E-state index is 10.7. The molecular weight excluding hydrogens is 318 g/mol. The van der Waals surface area contributed by atoms with Crippen molar-refractivity contribution in [2.45, 2.75) is 37.5 Å². The SMILES string of the molecule is CO[C@]1(C)C(O)C(CO)O[C@H]1n1cc(CN=O)c2c(N)ncnc21. The summed E-state index contributed by atoms with van der Waals surface area (Å²) in [6.07, 6.45) is 0.273. The van der Waals surface area contributed by atoms with Crippen LogP contribution in [0.1, 0.15) is 18.7 Å². The van der Waals surface area contributed by atoms with Gasteiger partial charge in [-0.1, -0.05) is 5.18 Å². The molecule has 3 heterocycles. The van der Waals surface area contributed by atoms with Crippen LogP contribution in [0.15, 0.2) is 17.7 Å². The highest BCUT2D eigenvalue weighted by Gasteiger charge is 2.54. The number of fused-ring (bicyclic) bond motifs is 1. The van der Waals surface area contributed by atoms with Crippen molar-refractivity contribution in [3.63, 3.8) is 0 Å². The van der Waals surface area contributed by atoms with Gasteiger partial charge in [0.15, 0.2) is 6.23 Å². The molecule has 1 saturated heterocycles. The lowest BCUT2D eigenvalue weighted by Gasteiger charge is -2.31. The summed E-state index contributed by atoms with van der Waals surface area (Å²) in [4.78, 5) is 18.9. The molecule has 4 atom stereocenters. The highest BCUT2D eigenvalue weighted by Crippen LogP contribution is 2.42. The summed E-state index contributed by atoms with van der Waals surface area (Å²) >= 11 is 0. The van der Waals surface area contributed by atoms with Gasteiger partial charge in [0.1, 0.15) is 42.1 Å². The van der Waals surface area contributed by atoms with E-state index in [4.69, 9.17) is 15.2 Å². The zero-order valence-electron chi connectivity index (χ0n) is 13.3. The minimum Gasteiger partial charge on any atom is -0.394 e. The van der Waals surface area contributed by atoms with Gasteiger partial charge in [-0.15, -0.1) is 0 Å². The minimum absolute atomic E-state index is 0.108. The largest absolute Gasteiger partial charge is 0.394 e. The molecule has 3 rings (SSSR count). The van der Waals surface area contributed by atoms with Crippen LogP contribution in [0, 0.1) is 4.91 Å². The molecule has 0 amide bonds. The highest BCUT2D eigenvalue weighted by atomic mass is 16.6. The maximum atomic E-state index is 10.7. The number of ether oxygens (including phenoxy) is 2. The quantitative estimate of drug-likeness (QED) is 0.643. The lowest BCUT2D eigenvalue weighted by atomic mass is 9.96. The Hall–Kier alpha value is -2.14. The monoisotopic (exact) mass is 337 g/mol. The second-order valence-electron chi connectivity index (χ2n) is 5.85. The van der Waals surface area contributed by atoms with E-state index in [1.807, 2.05) is 0 Å². The van der Waals surface area contributed by atoms with E-state index in [0.717, 1.165) is 0 Å². The van der Waals surface area contributed by atoms with E-state index in [2.05, 4.69) is 15.1 Å². The van der Waals surface area contributed by atoms with Crippen LogP contribution in [0.5, 0.6) is 0 Å². The summed E-state index contributed by atoms with van der Waals surface area (Å²) in [6, 6.07) is 0. The molecule has 0 radical (unpaired) electrons. The molecule has 130 valence electrons. The third kappa shape index (κ3) is 2.26. The molecule has 10 nitrogen and oxygen atoms in total. The van der Waals surface area contributed by atoms with E-state index in [1.54, 1.807) is 17.7 Å². The third-order valence-electron chi connectivity index (χ3n) is 4.56. The molecule has 2 unspecified atom stereocenters. The van der Waals surface area contributed by atoms with Crippen molar-refractivity contribution in [2.75, 3.05) is 19.5 Å². The van der Waals surface area contributed by atoms with Crippen LogP contribution in [0.4, 0.5) is 5.82 Å². The Labute approximate surface area is 137 Å². The molecule has 2 aromatic heterocycles. The summed E-state index contributed by atoms with van der Waals surface area (Å²) < 4.78 is 12.9. The van der Waals surface area contributed by atoms with Gasteiger partial charge in [0, 0.05) is 18.9 Å². The number of methoxy groups -OCH3 is 1. The Kier molecular flexibility index (Phi) is 4.22. The predicted molar refractivity (Wildman–Crippen MR) is 83.9 cm³/mol. The highest BCUT2D eigenvalue weighted by molar-refractivity contribution is 5.89. The zero-order chi connectivity index (χ0) is 17.5. The average molecular weight is 337 g/mol. The summed E-state index contributed by atoms with van der Waals surface area (Å²) in [5, 5.41) is 23.3. The van der Waals surface area contributed by atoms with E-state index in [0.29, 0.717) is 16.6 Å². The van der Waals surface area contributed by atoms with Gasteiger partial charge >= 0.3 is 0 Å². The van der Waals surface area contributed by atoms with Crippen LogP contribution >= 0.6 is 0 Å². The number of aliphatic hydroxyl groups is 2. The van der Waals surface area contributed by atoms with Gasteiger partial charge in [0.25, 0.3) is 0 Å². The Balaban J connectivity index is 2.19. The van der Waals surface area contributed by atoms with Crippen LogP contribution < -0.4 is 5.73 Å². The second kappa shape index (κ2) is 6.06. The topological polar surface area (TPSA) is 145 Å². The molecule has 0 spiro atoms. The van der Waals surface area contributed by atoms with Gasteiger partial charge in [-0.2, -0.15) is 4.91 Å². The smallest absolute Gasteiger partial charge is 0.167 e. The fourth-order valence-corrected chi connectivity index (χ4v) is 3.15. The summed E-state index contributed by atoms with van der Waals surface area (Å²) in [5.74, 6) is 0.216. The van der Waals surface area contributed by atoms with Crippen molar-refractivity contribution in [3.05, 3.63) is 23.0 Å². The fourth-order valence-electron chi connectivity index (χ4n) is 3.15. The molecule has 4 N–H and O–H groups in total. The first-order valence-electron chi connectivity index (χ1n) is 7.36. The number of nitrogens with two attached hydrogens (primary N) is 1. The van der Waals surface area contributed by atoms with E-state index < -0.39 is 24.0 Å². The Morgan fingerprint density at radius 2 is 2.29 bits per heavy atom. The van der Waals surface area contributed by atoms with Gasteiger partial charge in [-0.05, 0) is 6.92 Å². The first-order valence-corrected chi connectivity index (χ1v) is 7.36. The standard InChI is InChI=1S/C14H19N5O5/c1-14(23-2)10(21)8(5-20)24-13(14)19-4-7(3-18-22)9-11(15)16-6-17-12(9)19/h4,6,8,10,13,20-21H,3,5H2,1-2H3,(H2,15,16,17)/t8?,10?,13-,14-/m1/s1. The number of nitrogens with zero attached hydrogens (tertiary/aromatic N) is 4. The third-order valence-corrected chi connectivity index (χ3v) is 4.56. The molecule has 24 heavy (non-hydrogen) atoms. The minimum atomic E-state index is -1.13. The molecule has 0 aliphatic carbocycles. The molecule has 0 bridgehead atoms. The van der Waals surface area contributed by atoms with Crippen LogP contribution in [-0.4, -0.2) is 56.3 Å². The van der Waals surface area contributed by atoms with Crippen molar-refractivity contribution < 1.29 is 19.7 Å². The van der Waals surface area contributed by atoms with Gasteiger partial charge in [-0.25, -0.2) is 9.97 Å². The van der Waals surface area contributed by atoms with E-state index in [-0.39, 0.29) is 19.0 Å². The predicted octanol–water partition coefficient (Wildman–Crippen LogP) is -0.0644. The molecule has 10 heteroatoms. The molecular formula is C14H19N5O5.